The number of nitrogens with two attached hydrogens (primary N) is 1. The van der Waals surface area contributed by atoms with Crippen molar-refractivity contribution in [3.05, 3.63) is 64.6 Å². The number of amides is 1. The van der Waals surface area contributed by atoms with E-state index in [9.17, 15) is 4.79 Å². The number of benzene rings is 2. The highest BCUT2D eigenvalue weighted by molar-refractivity contribution is 9.10. The highest BCUT2D eigenvalue weighted by atomic mass is 79.9. The number of hydrazone groups is 1. The molecule has 0 bridgehead atoms. The van der Waals surface area contributed by atoms with Crippen LogP contribution in [-0.4, -0.2) is 22.3 Å². The van der Waals surface area contributed by atoms with Gasteiger partial charge in [0.2, 0.25) is 0 Å². The van der Waals surface area contributed by atoms with Crippen molar-refractivity contribution < 1.29 is 4.79 Å². The fraction of sp³-hybridized carbons (Fsp3) is 0.100. The molecule has 0 aliphatic heterocycles. The van der Waals surface area contributed by atoms with Gasteiger partial charge in [0.05, 0.1) is 16.9 Å². The highest BCUT2D eigenvalue weighted by Crippen LogP contribution is 2.26. The number of carbonyl (C=O) groups is 1. The summed E-state index contributed by atoms with van der Waals surface area (Å²) in [5.41, 5.74) is 2.95. The molecule has 6 nitrogen and oxygen atoms in total. The maximum atomic E-state index is 12.6. The smallest absolute Gasteiger partial charge is 0.279 e. The number of rotatable bonds is 4. The number of nitrogens with zero attached hydrogens (tertiary/aromatic N) is 3. The van der Waals surface area contributed by atoms with E-state index in [0.29, 0.717) is 11.5 Å². The lowest BCUT2D eigenvalue weighted by Crippen LogP contribution is -2.30. The Hall–Kier alpha value is -3.06. The average Bonchev–Trinajstić information content (AvgIpc) is 2.66. The van der Waals surface area contributed by atoms with Crippen molar-refractivity contribution in [3.8, 4) is 0 Å². The molecule has 0 saturated heterocycles. The predicted octanol–water partition coefficient (Wildman–Crippen LogP) is 4.35. The zero-order valence-electron chi connectivity index (χ0n) is 14.9. The lowest BCUT2D eigenvalue weighted by atomic mass is 10.2. The number of fused-ring (bicyclic) bond motifs is 1. The third-order valence-electron chi connectivity index (χ3n) is 4.05. The largest absolute Gasteiger partial charge is 0.322 e. The average molecular weight is 424 g/mol. The first-order chi connectivity index (χ1) is 13.0. The van der Waals surface area contributed by atoms with Crippen LogP contribution in [0.2, 0.25) is 0 Å². The van der Waals surface area contributed by atoms with Gasteiger partial charge >= 0.3 is 0 Å². The molecule has 1 heterocycles. The first kappa shape index (κ1) is 18.7. The normalized spacial score (nSPS) is 12.3. The molecule has 1 amide bonds. The molecule has 0 fully saturated rings. The Balaban J connectivity index is 1.84. The number of para-hydroxylation sites is 1. The quantitative estimate of drug-likeness (QED) is 0.371. The van der Waals surface area contributed by atoms with Crippen molar-refractivity contribution >= 4 is 55.7 Å². The molecule has 136 valence electrons. The predicted molar refractivity (Wildman–Crippen MR) is 114 cm³/mol. The van der Waals surface area contributed by atoms with Gasteiger partial charge in [0, 0.05) is 9.86 Å². The number of carbonyl (C=O) groups excluding carboxylic acids is 1. The first-order valence-electron chi connectivity index (χ1n) is 8.25. The molecule has 2 aromatic carbocycles. The Labute approximate surface area is 165 Å². The number of halogens is 1. The number of anilines is 1. The SMILES string of the molecule is CC(=Nc1cccc(Br)c1C)C(=NN)C(=O)Nc1ccc2ccccc2n1. The summed E-state index contributed by atoms with van der Waals surface area (Å²) in [7, 11) is 0. The van der Waals surface area contributed by atoms with Crippen LogP contribution in [-0.2, 0) is 4.79 Å². The van der Waals surface area contributed by atoms with Gasteiger partial charge in [0.15, 0.2) is 5.71 Å². The molecule has 0 aliphatic carbocycles. The summed E-state index contributed by atoms with van der Waals surface area (Å²) in [5, 5.41) is 7.35. The standard InChI is InChI=1S/C20H18BrN5O/c1-12-15(21)7-5-9-16(12)23-13(2)19(26-22)20(27)25-18-11-10-14-6-3-4-8-17(14)24-18/h3-11H,22H2,1-2H3,(H,24,25,27). The van der Waals surface area contributed by atoms with Crippen molar-refractivity contribution in [2.24, 2.45) is 15.9 Å². The number of pyridine rings is 1. The lowest BCUT2D eigenvalue weighted by Gasteiger charge is -2.08. The summed E-state index contributed by atoms with van der Waals surface area (Å²) in [5.74, 6) is 5.42. The minimum absolute atomic E-state index is 0.0457. The van der Waals surface area contributed by atoms with E-state index < -0.39 is 5.91 Å². The Morgan fingerprint density at radius 1 is 1.11 bits per heavy atom. The Morgan fingerprint density at radius 2 is 1.89 bits per heavy atom. The van der Waals surface area contributed by atoms with Crippen molar-refractivity contribution in [2.45, 2.75) is 13.8 Å². The van der Waals surface area contributed by atoms with Gasteiger partial charge in [0.1, 0.15) is 5.82 Å². The molecule has 0 aliphatic rings. The Morgan fingerprint density at radius 3 is 2.67 bits per heavy atom. The summed E-state index contributed by atoms with van der Waals surface area (Å²) >= 11 is 3.47. The molecule has 0 spiro atoms. The monoisotopic (exact) mass is 423 g/mol. The minimum atomic E-state index is -0.464. The summed E-state index contributed by atoms with van der Waals surface area (Å²) < 4.78 is 0.938. The number of aromatic nitrogens is 1. The molecule has 0 saturated carbocycles. The first-order valence-corrected chi connectivity index (χ1v) is 9.04. The van der Waals surface area contributed by atoms with E-state index in [2.05, 4.69) is 36.3 Å². The lowest BCUT2D eigenvalue weighted by molar-refractivity contribution is -0.110. The van der Waals surface area contributed by atoms with Crippen LogP contribution in [0.5, 0.6) is 0 Å². The Bertz CT molecular complexity index is 1070. The molecule has 0 atom stereocenters. The molecule has 0 unspecified atom stereocenters. The van der Waals surface area contributed by atoms with Crippen LogP contribution < -0.4 is 11.2 Å². The third kappa shape index (κ3) is 4.20. The topological polar surface area (TPSA) is 92.7 Å². The van der Waals surface area contributed by atoms with Crippen LogP contribution in [0.25, 0.3) is 10.9 Å². The second-order valence-electron chi connectivity index (χ2n) is 5.90. The van der Waals surface area contributed by atoms with Crippen molar-refractivity contribution in [3.63, 3.8) is 0 Å². The van der Waals surface area contributed by atoms with Gasteiger partial charge in [-0.1, -0.05) is 40.2 Å². The maximum absolute atomic E-state index is 12.6. The van der Waals surface area contributed by atoms with Gasteiger partial charge in [-0.15, -0.1) is 0 Å². The van der Waals surface area contributed by atoms with Crippen LogP contribution in [0.4, 0.5) is 11.5 Å². The van der Waals surface area contributed by atoms with Crippen LogP contribution >= 0.6 is 15.9 Å². The number of hydrogen-bond acceptors (Lipinski definition) is 5. The summed E-state index contributed by atoms with van der Waals surface area (Å²) in [6, 6.07) is 17.0. The van der Waals surface area contributed by atoms with Crippen LogP contribution in [0, 0.1) is 6.92 Å². The zero-order chi connectivity index (χ0) is 19.4. The summed E-state index contributed by atoms with van der Waals surface area (Å²) in [4.78, 5) is 21.5. The van der Waals surface area contributed by atoms with Crippen LogP contribution in [0.15, 0.2) is 69.2 Å². The van der Waals surface area contributed by atoms with Gasteiger partial charge in [0.25, 0.3) is 5.91 Å². The van der Waals surface area contributed by atoms with Crippen molar-refractivity contribution in [1.82, 2.24) is 4.98 Å². The van der Waals surface area contributed by atoms with Crippen molar-refractivity contribution in [2.75, 3.05) is 5.32 Å². The van der Waals surface area contributed by atoms with E-state index in [1.165, 1.54) is 0 Å². The van der Waals surface area contributed by atoms with Gasteiger partial charge in [-0.2, -0.15) is 5.10 Å². The second-order valence-corrected chi connectivity index (χ2v) is 6.76. The third-order valence-corrected chi connectivity index (χ3v) is 4.91. The fourth-order valence-electron chi connectivity index (χ4n) is 2.58. The molecule has 1 aromatic heterocycles. The van der Waals surface area contributed by atoms with Crippen LogP contribution in [0.1, 0.15) is 12.5 Å². The fourth-order valence-corrected chi connectivity index (χ4v) is 2.93. The van der Waals surface area contributed by atoms with E-state index in [1.807, 2.05) is 55.5 Å². The second kappa shape index (κ2) is 8.09. The highest BCUT2D eigenvalue weighted by Gasteiger charge is 2.16. The van der Waals surface area contributed by atoms with Gasteiger partial charge in [-0.25, -0.2) is 4.98 Å². The van der Waals surface area contributed by atoms with E-state index >= 15 is 0 Å². The minimum Gasteiger partial charge on any atom is -0.322 e. The zero-order valence-corrected chi connectivity index (χ0v) is 16.5. The van der Waals surface area contributed by atoms with Gasteiger partial charge < -0.3 is 11.2 Å². The molecular formula is C20H18BrN5O. The van der Waals surface area contributed by atoms with E-state index in [1.54, 1.807) is 13.0 Å². The molecule has 3 N–H and O–H groups in total. The van der Waals surface area contributed by atoms with E-state index in [0.717, 1.165) is 26.6 Å². The summed E-state index contributed by atoms with van der Waals surface area (Å²) in [6.45, 7) is 3.63. The van der Waals surface area contributed by atoms with E-state index in [-0.39, 0.29) is 5.71 Å². The molecular weight excluding hydrogens is 406 g/mol. The van der Waals surface area contributed by atoms with Crippen molar-refractivity contribution in [1.29, 1.82) is 0 Å². The molecule has 7 heteroatoms. The Kier molecular flexibility index (Phi) is 5.61. The van der Waals surface area contributed by atoms with Crippen LogP contribution in [0.3, 0.4) is 0 Å². The van der Waals surface area contributed by atoms with Gasteiger partial charge in [-0.3, -0.25) is 9.79 Å². The number of aliphatic imine (C=N–C) groups is 1. The molecule has 3 rings (SSSR count). The summed E-state index contributed by atoms with van der Waals surface area (Å²) in [6.07, 6.45) is 0. The maximum Gasteiger partial charge on any atom is 0.279 e. The number of hydrogen-bond donors (Lipinski definition) is 2. The van der Waals surface area contributed by atoms with E-state index in [4.69, 9.17) is 5.84 Å². The molecule has 3 aromatic rings. The number of nitrogens with one attached hydrogen (secondary N) is 1. The molecule has 27 heavy (non-hydrogen) atoms. The molecule has 0 radical (unpaired) electrons. The van der Waals surface area contributed by atoms with Gasteiger partial charge in [-0.05, 0) is 49.7 Å².